The van der Waals surface area contributed by atoms with E-state index < -0.39 is 0 Å². The Hall–Kier alpha value is -1.42. The molecule has 1 unspecified atom stereocenters. The van der Waals surface area contributed by atoms with E-state index in [9.17, 15) is 0 Å². The molecule has 0 radical (unpaired) electrons. The molecular formula is C16H15ClN2S. The second-order valence-electron chi connectivity index (χ2n) is 4.54. The van der Waals surface area contributed by atoms with E-state index in [1.54, 1.807) is 11.3 Å². The van der Waals surface area contributed by atoms with E-state index in [2.05, 4.69) is 29.4 Å². The molecule has 0 saturated carbocycles. The van der Waals surface area contributed by atoms with Gasteiger partial charge in [0.2, 0.25) is 0 Å². The van der Waals surface area contributed by atoms with Crippen molar-refractivity contribution in [3.05, 3.63) is 63.6 Å². The van der Waals surface area contributed by atoms with Crippen molar-refractivity contribution >= 4 is 33.7 Å². The van der Waals surface area contributed by atoms with Crippen molar-refractivity contribution in [3.63, 3.8) is 0 Å². The number of hydrogen-bond acceptors (Lipinski definition) is 3. The summed E-state index contributed by atoms with van der Waals surface area (Å²) in [6.45, 7) is 2.96. The van der Waals surface area contributed by atoms with Gasteiger partial charge in [0.15, 0.2) is 0 Å². The van der Waals surface area contributed by atoms with Gasteiger partial charge in [-0.1, -0.05) is 42.8 Å². The van der Waals surface area contributed by atoms with Crippen LogP contribution in [0.5, 0.6) is 0 Å². The Morgan fingerprint density at radius 2 is 2.10 bits per heavy atom. The Kier molecular flexibility index (Phi) is 4.01. The largest absolute Gasteiger partial charge is 0.305 e. The molecule has 1 atom stereocenters. The van der Waals surface area contributed by atoms with E-state index in [-0.39, 0.29) is 6.04 Å². The van der Waals surface area contributed by atoms with Gasteiger partial charge in [0.25, 0.3) is 0 Å². The lowest BCUT2D eigenvalue weighted by Gasteiger charge is -2.18. The number of pyridine rings is 1. The SMILES string of the molecule is CCNC(c1sccc1Cl)c1nccc2ccccc12. The fourth-order valence-corrected chi connectivity index (χ4v) is 3.64. The predicted octanol–water partition coefficient (Wildman–Crippen LogP) is 4.65. The van der Waals surface area contributed by atoms with Crippen LogP contribution in [0.4, 0.5) is 0 Å². The molecule has 4 heteroatoms. The van der Waals surface area contributed by atoms with Crippen LogP contribution in [-0.4, -0.2) is 11.5 Å². The second-order valence-corrected chi connectivity index (χ2v) is 5.90. The molecule has 102 valence electrons. The van der Waals surface area contributed by atoms with Crippen LogP contribution >= 0.6 is 22.9 Å². The van der Waals surface area contributed by atoms with Crippen LogP contribution in [0, 0.1) is 0 Å². The maximum Gasteiger partial charge on any atom is 0.0866 e. The van der Waals surface area contributed by atoms with Crippen molar-refractivity contribution in [2.75, 3.05) is 6.54 Å². The first kappa shape index (κ1) is 13.6. The number of rotatable bonds is 4. The Morgan fingerprint density at radius 3 is 2.85 bits per heavy atom. The summed E-state index contributed by atoms with van der Waals surface area (Å²) in [5.41, 5.74) is 1.04. The Balaban J connectivity index is 2.17. The van der Waals surface area contributed by atoms with Crippen molar-refractivity contribution in [2.45, 2.75) is 13.0 Å². The van der Waals surface area contributed by atoms with E-state index in [0.717, 1.165) is 22.1 Å². The fraction of sp³-hybridized carbons (Fsp3) is 0.188. The number of halogens is 1. The van der Waals surface area contributed by atoms with Gasteiger partial charge in [-0.05, 0) is 29.4 Å². The quantitative estimate of drug-likeness (QED) is 0.759. The van der Waals surface area contributed by atoms with Crippen molar-refractivity contribution < 1.29 is 0 Å². The zero-order valence-electron chi connectivity index (χ0n) is 11.1. The molecule has 1 aromatic carbocycles. The van der Waals surface area contributed by atoms with E-state index in [1.165, 1.54) is 10.8 Å². The van der Waals surface area contributed by atoms with Gasteiger partial charge >= 0.3 is 0 Å². The van der Waals surface area contributed by atoms with Crippen LogP contribution in [0.25, 0.3) is 10.8 Å². The molecule has 0 saturated heterocycles. The molecule has 2 heterocycles. The van der Waals surface area contributed by atoms with Gasteiger partial charge in [-0.3, -0.25) is 4.98 Å². The topological polar surface area (TPSA) is 24.9 Å². The molecule has 3 aromatic rings. The lowest BCUT2D eigenvalue weighted by molar-refractivity contribution is 0.629. The summed E-state index contributed by atoms with van der Waals surface area (Å²) in [5, 5.41) is 8.69. The second kappa shape index (κ2) is 5.92. The summed E-state index contributed by atoms with van der Waals surface area (Å²) in [4.78, 5) is 5.73. The maximum atomic E-state index is 6.31. The molecule has 0 spiro atoms. The lowest BCUT2D eigenvalue weighted by Crippen LogP contribution is -2.22. The highest BCUT2D eigenvalue weighted by atomic mass is 35.5. The highest BCUT2D eigenvalue weighted by Gasteiger charge is 2.20. The predicted molar refractivity (Wildman–Crippen MR) is 86.6 cm³/mol. The molecule has 0 aliphatic heterocycles. The minimum atomic E-state index is 0.0404. The van der Waals surface area contributed by atoms with Gasteiger partial charge < -0.3 is 5.32 Å². The van der Waals surface area contributed by atoms with Crippen LogP contribution in [0.3, 0.4) is 0 Å². The third kappa shape index (κ3) is 2.44. The number of benzene rings is 1. The van der Waals surface area contributed by atoms with Crippen molar-refractivity contribution in [1.29, 1.82) is 0 Å². The third-order valence-electron chi connectivity index (χ3n) is 3.29. The molecule has 0 aliphatic carbocycles. The first-order valence-electron chi connectivity index (χ1n) is 6.61. The third-order valence-corrected chi connectivity index (χ3v) is 4.72. The highest BCUT2D eigenvalue weighted by molar-refractivity contribution is 7.10. The van der Waals surface area contributed by atoms with E-state index in [1.807, 2.05) is 35.8 Å². The zero-order valence-corrected chi connectivity index (χ0v) is 12.7. The summed E-state index contributed by atoms with van der Waals surface area (Å²) in [7, 11) is 0. The van der Waals surface area contributed by atoms with E-state index in [0.29, 0.717) is 0 Å². The Morgan fingerprint density at radius 1 is 1.25 bits per heavy atom. The van der Waals surface area contributed by atoms with Gasteiger partial charge in [-0.25, -0.2) is 0 Å². The normalized spacial score (nSPS) is 12.7. The zero-order chi connectivity index (χ0) is 13.9. The van der Waals surface area contributed by atoms with Crippen molar-refractivity contribution in [3.8, 4) is 0 Å². The van der Waals surface area contributed by atoms with Gasteiger partial charge in [0.1, 0.15) is 0 Å². The molecule has 20 heavy (non-hydrogen) atoms. The van der Waals surface area contributed by atoms with Crippen molar-refractivity contribution in [2.24, 2.45) is 0 Å². The molecule has 1 N–H and O–H groups in total. The molecule has 0 fully saturated rings. The average molecular weight is 303 g/mol. The van der Waals surface area contributed by atoms with Gasteiger partial charge in [0, 0.05) is 16.5 Å². The summed E-state index contributed by atoms with van der Waals surface area (Å²) in [6, 6.07) is 12.3. The molecule has 0 amide bonds. The van der Waals surface area contributed by atoms with Crippen LogP contribution < -0.4 is 5.32 Å². The summed E-state index contributed by atoms with van der Waals surface area (Å²) in [5.74, 6) is 0. The Bertz CT molecular complexity index is 718. The first-order valence-corrected chi connectivity index (χ1v) is 7.87. The molecule has 0 aliphatic rings. The first-order chi connectivity index (χ1) is 9.81. The number of hydrogen-bond donors (Lipinski definition) is 1. The van der Waals surface area contributed by atoms with Gasteiger partial charge in [-0.2, -0.15) is 0 Å². The number of thiophene rings is 1. The van der Waals surface area contributed by atoms with Crippen molar-refractivity contribution in [1.82, 2.24) is 10.3 Å². The molecular weight excluding hydrogens is 288 g/mol. The number of nitrogens with zero attached hydrogens (tertiary/aromatic N) is 1. The molecule has 2 nitrogen and oxygen atoms in total. The fourth-order valence-electron chi connectivity index (χ4n) is 2.40. The molecule has 2 aromatic heterocycles. The lowest BCUT2D eigenvalue weighted by atomic mass is 10.0. The van der Waals surface area contributed by atoms with Crippen LogP contribution in [0.1, 0.15) is 23.5 Å². The maximum absolute atomic E-state index is 6.31. The number of nitrogens with one attached hydrogen (secondary N) is 1. The summed E-state index contributed by atoms with van der Waals surface area (Å²) < 4.78 is 0. The number of aromatic nitrogens is 1. The van der Waals surface area contributed by atoms with Gasteiger partial charge in [-0.15, -0.1) is 11.3 Å². The van der Waals surface area contributed by atoms with Gasteiger partial charge in [0.05, 0.1) is 16.8 Å². The highest BCUT2D eigenvalue weighted by Crippen LogP contribution is 2.34. The minimum Gasteiger partial charge on any atom is -0.305 e. The van der Waals surface area contributed by atoms with Crippen LogP contribution in [-0.2, 0) is 0 Å². The minimum absolute atomic E-state index is 0.0404. The van der Waals surface area contributed by atoms with Crippen LogP contribution in [0.2, 0.25) is 5.02 Å². The van der Waals surface area contributed by atoms with Crippen LogP contribution in [0.15, 0.2) is 48.0 Å². The summed E-state index contributed by atoms with van der Waals surface area (Å²) >= 11 is 7.98. The van der Waals surface area contributed by atoms with E-state index in [4.69, 9.17) is 11.6 Å². The average Bonchev–Trinajstić information content (AvgIpc) is 2.90. The molecule has 0 bridgehead atoms. The monoisotopic (exact) mass is 302 g/mol. The standard InChI is InChI=1S/C16H15ClN2S/c1-2-18-15(16-13(17)8-10-20-16)14-12-6-4-3-5-11(12)7-9-19-14/h3-10,15,18H,2H2,1H3. The number of fused-ring (bicyclic) bond motifs is 1. The Labute approximate surface area is 127 Å². The summed E-state index contributed by atoms with van der Waals surface area (Å²) in [6.07, 6.45) is 1.86. The van der Waals surface area contributed by atoms with E-state index >= 15 is 0 Å². The smallest absolute Gasteiger partial charge is 0.0866 e. The molecule has 3 rings (SSSR count).